The topological polar surface area (TPSA) is 20.2 Å². The van der Waals surface area contributed by atoms with Crippen molar-refractivity contribution in [3.05, 3.63) is 70.2 Å². The highest BCUT2D eigenvalue weighted by Crippen LogP contribution is 2.40. The third-order valence-electron chi connectivity index (χ3n) is 4.66. The number of rotatable bonds is 3. The number of aliphatic hydroxyl groups is 1. The van der Waals surface area contributed by atoms with E-state index >= 15 is 0 Å². The highest BCUT2D eigenvalue weighted by atomic mass is 79.9. The average molecular weight is 345 g/mol. The molecule has 3 rings (SSSR count). The van der Waals surface area contributed by atoms with Gasteiger partial charge in [0, 0.05) is 10.9 Å². The highest BCUT2D eigenvalue weighted by molar-refractivity contribution is 9.10. The monoisotopic (exact) mass is 344 g/mol. The van der Waals surface area contributed by atoms with Crippen molar-refractivity contribution in [2.45, 2.75) is 43.6 Å². The lowest BCUT2D eigenvalue weighted by Gasteiger charge is -2.36. The normalized spacial score (nSPS) is 25.7. The first-order chi connectivity index (χ1) is 10.2. The summed E-state index contributed by atoms with van der Waals surface area (Å²) in [6.07, 6.45) is 4.66. The Labute approximate surface area is 135 Å². The third kappa shape index (κ3) is 3.56. The van der Waals surface area contributed by atoms with Gasteiger partial charge in [-0.2, -0.15) is 0 Å². The van der Waals surface area contributed by atoms with Crippen LogP contribution in [0.2, 0.25) is 0 Å². The maximum absolute atomic E-state index is 10.9. The maximum Gasteiger partial charge on any atom is 0.0688 e. The molecule has 0 saturated heterocycles. The van der Waals surface area contributed by atoms with Gasteiger partial charge in [-0.1, -0.05) is 64.5 Å². The van der Waals surface area contributed by atoms with Gasteiger partial charge in [0.05, 0.1) is 5.60 Å². The zero-order chi connectivity index (χ0) is 14.7. The zero-order valence-electron chi connectivity index (χ0n) is 12.1. The van der Waals surface area contributed by atoms with E-state index in [0.717, 1.165) is 36.6 Å². The van der Waals surface area contributed by atoms with E-state index in [9.17, 15) is 5.11 Å². The molecule has 0 unspecified atom stereocenters. The molecule has 1 N–H and O–H groups in total. The lowest BCUT2D eigenvalue weighted by molar-refractivity contribution is -0.000589. The predicted molar refractivity (Wildman–Crippen MR) is 90.4 cm³/mol. The summed E-state index contributed by atoms with van der Waals surface area (Å²) in [7, 11) is 0. The average Bonchev–Trinajstić information content (AvgIpc) is 2.51. The lowest BCUT2D eigenvalue weighted by Crippen LogP contribution is -2.35. The Hall–Kier alpha value is -1.12. The first kappa shape index (κ1) is 14.8. The summed E-state index contributed by atoms with van der Waals surface area (Å²) in [5.74, 6) is 0.602. The molecular weight excluding hydrogens is 324 g/mol. The summed E-state index contributed by atoms with van der Waals surface area (Å²) in [5.41, 5.74) is 2.08. The van der Waals surface area contributed by atoms with Crippen molar-refractivity contribution in [3.63, 3.8) is 0 Å². The fraction of sp³-hybridized carbons (Fsp3) is 0.368. The van der Waals surface area contributed by atoms with Crippen LogP contribution in [0.5, 0.6) is 0 Å². The quantitative estimate of drug-likeness (QED) is 0.822. The van der Waals surface area contributed by atoms with Gasteiger partial charge in [-0.25, -0.2) is 0 Å². The minimum Gasteiger partial charge on any atom is -0.390 e. The van der Waals surface area contributed by atoms with Crippen molar-refractivity contribution < 1.29 is 5.11 Å². The molecule has 0 bridgehead atoms. The van der Waals surface area contributed by atoms with Gasteiger partial charge in [0.25, 0.3) is 0 Å². The number of benzene rings is 2. The standard InChI is InChI=1S/C19H21BrO/c20-18-9-5-4-8-17(18)14-19(21)12-10-16(11-13-19)15-6-2-1-3-7-15/h1-9,16,21H,10-14H2. The van der Waals surface area contributed by atoms with E-state index in [4.69, 9.17) is 0 Å². The number of halogens is 1. The van der Waals surface area contributed by atoms with Gasteiger partial charge < -0.3 is 5.11 Å². The summed E-state index contributed by atoms with van der Waals surface area (Å²) >= 11 is 3.58. The highest BCUT2D eigenvalue weighted by Gasteiger charge is 2.34. The number of hydrogen-bond donors (Lipinski definition) is 1. The van der Waals surface area contributed by atoms with Crippen molar-refractivity contribution in [2.24, 2.45) is 0 Å². The smallest absolute Gasteiger partial charge is 0.0688 e. The van der Waals surface area contributed by atoms with E-state index < -0.39 is 5.60 Å². The molecule has 0 aliphatic heterocycles. The lowest BCUT2D eigenvalue weighted by atomic mass is 9.74. The minimum atomic E-state index is -0.546. The van der Waals surface area contributed by atoms with Gasteiger partial charge in [-0.15, -0.1) is 0 Å². The van der Waals surface area contributed by atoms with Gasteiger partial charge >= 0.3 is 0 Å². The van der Waals surface area contributed by atoms with Crippen LogP contribution in [-0.2, 0) is 6.42 Å². The van der Waals surface area contributed by atoms with Crippen molar-refractivity contribution in [1.29, 1.82) is 0 Å². The summed E-state index contributed by atoms with van der Waals surface area (Å²) in [4.78, 5) is 0. The molecule has 1 aliphatic rings. The van der Waals surface area contributed by atoms with E-state index in [1.807, 2.05) is 18.2 Å². The molecule has 0 amide bonds. The second-order valence-corrected chi connectivity index (χ2v) is 7.03. The molecule has 0 radical (unpaired) electrons. The second-order valence-electron chi connectivity index (χ2n) is 6.18. The van der Waals surface area contributed by atoms with E-state index in [0.29, 0.717) is 5.92 Å². The fourth-order valence-electron chi connectivity index (χ4n) is 3.39. The molecule has 1 saturated carbocycles. The molecule has 0 atom stereocenters. The largest absolute Gasteiger partial charge is 0.390 e. The molecule has 110 valence electrons. The Morgan fingerprint density at radius 2 is 1.57 bits per heavy atom. The van der Waals surface area contributed by atoms with Crippen LogP contribution in [0.25, 0.3) is 0 Å². The summed E-state index contributed by atoms with van der Waals surface area (Å²) in [6.45, 7) is 0. The van der Waals surface area contributed by atoms with Crippen LogP contribution in [0.1, 0.15) is 42.7 Å². The van der Waals surface area contributed by atoms with Crippen LogP contribution in [-0.4, -0.2) is 10.7 Å². The maximum atomic E-state index is 10.9. The molecular formula is C19H21BrO. The molecule has 0 heterocycles. The van der Waals surface area contributed by atoms with Crippen LogP contribution >= 0.6 is 15.9 Å². The molecule has 0 spiro atoms. The van der Waals surface area contributed by atoms with Crippen molar-refractivity contribution >= 4 is 15.9 Å². The van der Waals surface area contributed by atoms with Crippen LogP contribution < -0.4 is 0 Å². The Kier molecular flexibility index (Phi) is 4.46. The second kappa shape index (κ2) is 6.33. The zero-order valence-corrected chi connectivity index (χ0v) is 13.7. The minimum absolute atomic E-state index is 0.546. The molecule has 1 aliphatic carbocycles. The van der Waals surface area contributed by atoms with E-state index in [2.05, 4.69) is 52.3 Å². The van der Waals surface area contributed by atoms with Gasteiger partial charge in [0.1, 0.15) is 0 Å². The first-order valence-electron chi connectivity index (χ1n) is 7.67. The summed E-state index contributed by atoms with van der Waals surface area (Å²) in [6, 6.07) is 18.9. The van der Waals surface area contributed by atoms with E-state index in [-0.39, 0.29) is 0 Å². The molecule has 1 nitrogen and oxygen atoms in total. The Balaban J connectivity index is 1.66. The summed E-state index contributed by atoms with van der Waals surface area (Å²) in [5, 5.41) is 10.9. The summed E-state index contributed by atoms with van der Waals surface area (Å²) < 4.78 is 1.10. The van der Waals surface area contributed by atoms with Crippen LogP contribution in [0, 0.1) is 0 Å². The molecule has 2 heteroatoms. The van der Waals surface area contributed by atoms with Crippen molar-refractivity contribution in [3.8, 4) is 0 Å². The third-order valence-corrected chi connectivity index (χ3v) is 5.44. The van der Waals surface area contributed by atoms with Gasteiger partial charge in [0.15, 0.2) is 0 Å². The van der Waals surface area contributed by atoms with Gasteiger partial charge in [0.2, 0.25) is 0 Å². The van der Waals surface area contributed by atoms with Crippen LogP contribution in [0.4, 0.5) is 0 Å². The van der Waals surface area contributed by atoms with E-state index in [1.165, 1.54) is 11.1 Å². The Morgan fingerprint density at radius 3 is 2.24 bits per heavy atom. The van der Waals surface area contributed by atoms with Gasteiger partial charge in [-0.05, 0) is 48.8 Å². The predicted octanol–water partition coefficient (Wildman–Crippen LogP) is 5.08. The van der Waals surface area contributed by atoms with E-state index in [1.54, 1.807) is 0 Å². The molecule has 1 fully saturated rings. The Morgan fingerprint density at radius 1 is 0.952 bits per heavy atom. The molecule has 0 aromatic heterocycles. The van der Waals surface area contributed by atoms with Crippen LogP contribution in [0.3, 0.4) is 0 Å². The fourth-order valence-corrected chi connectivity index (χ4v) is 3.81. The molecule has 2 aromatic carbocycles. The molecule has 2 aromatic rings. The SMILES string of the molecule is OC1(Cc2ccccc2Br)CCC(c2ccccc2)CC1. The van der Waals surface area contributed by atoms with Crippen molar-refractivity contribution in [1.82, 2.24) is 0 Å². The first-order valence-corrected chi connectivity index (χ1v) is 8.46. The van der Waals surface area contributed by atoms with Crippen molar-refractivity contribution in [2.75, 3.05) is 0 Å². The number of hydrogen-bond acceptors (Lipinski definition) is 1. The Bertz CT molecular complexity index is 586. The molecule has 21 heavy (non-hydrogen) atoms. The van der Waals surface area contributed by atoms with Gasteiger partial charge in [-0.3, -0.25) is 0 Å². The van der Waals surface area contributed by atoms with Crippen LogP contribution in [0.15, 0.2) is 59.1 Å².